The van der Waals surface area contributed by atoms with Gasteiger partial charge in [0.15, 0.2) is 6.29 Å². The normalized spacial score (nSPS) is 14.2. The molecule has 0 aromatic heterocycles. The van der Waals surface area contributed by atoms with Crippen molar-refractivity contribution in [2.75, 3.05) is 7.11 Å². The van der Waals surface area contributed by atoms with Crippen LogP contribution in [0.2, 0.25) is 19.6 Å². The van der Waals surface area contributed by atoms with Crippen LogP contribution in [-0.4, -0.2) is 27.6 Å². The number of ether oxygens (including phenoxy) is 1. The third-order valence-corrected chi connectivity index (χ3v) is 3.90. The van der Waals surface area contributed by atoms with E-state index in [0.29, 0.717) is 0 Å². The van der Waals surface area contributed by atoms with Gasteiger partial charge in [0.1, 0.15) is 6.10 Å². The zero-order valence-corrected chi connectivity index (χ0v) is 8.68. The molecule has 11 heavy (non-hydrogen) atoms. The van der Waals surface area contributed by atoms with E-state index in [1.807, 2.05) is 0 Å². The molecule has 0 rings (SSSR count). The van der Waals surface area contributed by atoms with Crippen molar-refractivity contribution in [2.45, 2.75) is 25.7 Å². The maximum atomic E-state index is 10.5. The third kappa shape index (κ3) is 2.99. The molecule has 3 heteroatoms. The Morgan fingerprint density at radius 2 is 2.00 bits per heavy atom. The van der Waals surface area contributed by atoms with Gasteiger partial charge in [0.05, 0.1) is 8.07 Å². The highest BCUT2D eigenvalue weighted by Gasteiger charge is 2.24. The molecule has 0 aromatic carbocycles. The Morgan fingerprint density at radius 3 is 2.09 bits per heavy atom. The Balaban J connectivity index is 4.33. The number of carbonyl (C=O) groups excluding carboxylic acids is 1. The monoisotopic (exact) mass is 172 g/mol. The van der Waals surface area contributed by atoms with Crippen LogP contribution in [0.15, 0.2) is 11.8 Å². The molecule has 0 radical (unpaired) electrons. The van der Waals surface area contributed by atoms with E-state index in [0.717, 1.165) is 11.5 Å². The minimum Gasteiger partial charge on any atom is -0.370 e. The van der Waals surface area contributed by atoms with Crippen LogP contribution in [0.4, 0.5) is 0 Å². The fraction of sp³-hybridized carbons (Fsp3) is 0.625. The fourth-order valence-electron chi connectivity index (χ4n) is 0.707. The van der Waals surface area contributed by atoms with Crippen LogP contribution >= 0.6 is 0 Å². The van der Waals surface area contributed by atoms with Gasteiger partial charge >= 0.3 is 0 Å². The molecule has 0 aliphatic rings. The molecule has 0 aliphatic carbocycles. The topological polar surface area (TPSA) is 26.3 Å². The van der Waals surface area contributed by atoms with Crippen molar-refractivity contribution in [3.8, 4) is 0 Å². The molecular formula is C8H16O2Si. The molecule has 0 heterocycles. The molecule has 0 fully saturated rings. The first-order valence-corrected chi connectivity index (χ1v) is 7.11. The molecule has 0 saturated carbocycles. The third-order valence-electron chi connectivity index (χ3n) is 1.68. The maximum absolute atomic E-state index is 10.5. The van der Waals surface area contributed by atoms with Gasteiger partial charge in [-0.3, -0.25) is 0 Å². The maximum Gasteiger partial charge on any atom is 0.152 e. The summed E-state index contributed by atoms with van der Waals surface area (Å²) >= 11 is 0. The van der Waals surface area contributed by atoms with Crippen molar-refractivity contribution >= 4 is 14.4 Å². The second kappa shape index (κ2) is 3.83. The van der Waals surface area contributed by atoms with Gasteiger partial charge in [-0.2, -0.15) is 0 Å². The molecule has 0 N–H and O–H groups in total. The molecule has 1 atom stereocenters. The van der Waals surface area contributed by atoms with Gasteiger partial charge in [0.25, 0.3) is 0 Å². The lowest BCUT2D eigenvalue weighted by Crippen LogP contribution is -2.33. The minimum absolute atomic E-state index is 0.401. The summed E-state index contributed by atoms with van der Waals surface area (Å²) < 4.78 is 4.95. The first-order chi connectivity index (χ1) is 4.93. The Bertz CT molecular complexity index is 158. The van der Waals surface area contributed by atoms with E-state index in [-0.39, 0.29) is 0 Å². The standard InChI is InChI=1S/C8H16O2Si/c1-7(11(3,4)5)8(6-9)10-2/h6,8H,1H2,2-5H3/t8-/m1/s1. The van der Waals surface area contributed by atoms with E-state index in [1.54, 1.807) is 0 Å². The van der Waals surface area contributed by atoms with E-state index >= 15 is 0 Å². The first-order valence-electron chi connectivity index (χ1n) is 3.61. The van der Waals surface area contributed by atoms with Crippen LogP contribution in [0.3, 0.4) is 0 Å². The average molecular weight is 172 g/mol. The van der Waals surface area contributed by atoms with E-state index < -0.39 is 14.2 Å². The zero-order valence-electron chi connectivity index (χ0n) is 7.68. The van der Waals surface area contributed by atoms with Crippen molar-refractivity contribution in [1.82, 2.24) is 0 Å². The zero-order chi connectivity index (χ0) is 9.07. The number of hydrogen-bond acceptors (Lipinski definition) is 2. The van der Waals surface area contributed by atoms with Gasteiger partial charge in [-0.25, -0.2) is 0 Å². The summed E-state index contributed by atoms with van der Waals surface area (Å²) in [5.41, 5.74) is 0. The van der Waals surface area contributed by atoms with Crippen LogP contribution in [0.1, 0.15) is 0 Å². The second-order valence-corrected chi connectivity index (χ2v) is 8.71. The van der Waals surface area contributed by atoms with Crippen LogP contribution in [0.5, 0.6) is 0 Å². The van der Waals surface area contributed by atoms with E-state index in [4.69, 9.17) is 4.74 Å². The Labute approximate surface area is 69.3 Å². The van der Waals surface area contributed by atoms with Gasteiger partial charge in [-0.15, -0.1) is 6.58 Å². The lowest BCUT2D eigenvalue weighted by atomic mass is 10.4. The number of carbonyl (C=O) groups is 1. The number of rotatable bonds is 4. The highest BCUT2D eigenvalue weighted by atomic mass is 28.3. The van der Waals surface area contributed by atoms with E-state index in [1.165, 1.54) is 7.11 Å². The van der Waals surface area contributed by atoms with Gasteiger partial charge in [0.2, 0.25) is 0 Å². The Morgan fingerprint density at radius 1 is 1.55 bits per heavy atom. The lowest BCUT2D eigenvalue weighted by Gasteiger charge is -2.23. The molecular weight excluding hydrogens is 156 g/mol. The molecule has 0 spiro atoms. The summed E-state index contributed by atoms with van der Waals surface area (Å²) in [4.78, 5) is 10.5. The summed E-state index contributed by atoms with van der Waals surface area (Å²) in [6.07, 6.45) is 0.405. The van der Waals surface area contributed by atoms with Gasteiger partial charge in [-0.1, -0.05) is 24.8 Å². The van der Waals surface area contributed by atoms with Crippen LogP contribution in [0.25, 0.3) is 0 Å². The molecule has 0 unspecified atom stereocenters. The second-order valence-electron chi connectivity index (χ2n) is 3.57. The van der Waals surface area contributed by atoms with Gasteiger partial charge < -0.3 is 9.53 Å². The van der Waals surface area contributed by atoms with Crippen molar-refractivity contribution in [2.24, 2.45) is 0 Å². The minimum atomic E-state index is -1.42. The van der Waals surface area contributed by atoms with Crippen LogP contribution in [-0.2, 0) is 9.53 Å². The molecule has 0 bridgehead atoms. The van der Waals surface area contributed by atoms with Crippen molar-refractivity contribution < 1.29 is 9.53 Å². The number of hydrogen-bond donors (Lipinski definition) is 0. The molecule has 64 valence electrons. The number of aldehydes is 1. The largest absolute Gasteiger partial charge is 0.370 e. The molecule has 0 aromatic rings. The van der Waals surface area contributed by atoms with E-state index in [9.17, 15) is 4.79 Å². The highest BCUT2D eigenvalue weighted by molar-refractivity contribution is 6.83. The molecule has 0 saturated heterocycles. The first kappa shape index (κ1) is 10.6. The van der Waals surface area contributed by atoms with Crippen molar-refractivity contribution in [1.29, 1.82) is 0 Å². The van der Waals surface area contributed by atoms with E-state index in [2.05, 4.69) is 26.2 Å². The Kier molecular flexibility index (Phi) is 3.69. The van der Waals surface area contributed by atoms with Gasteiger partial charge in [0, 0.05) is 7.11 Å². The summed E-state index contributed by atoms with van der Waals surface area (Å²) in [6.45, 7) is 10.3. The predicted octanol–water partition coefficient (Wildman–Crippen LogP) is 1.63. The SMILES string of the molecule is C=C([C@@H](C=O)OC)[Si](C)(C)C. The Hall–Kier alpha value is -0.413. The number of methoxy groups -OCH3 is 1. The predicted molar refractivity (Wildman–Crippen MR) is 49.3 cm³/mol. The molecule has 0 amide bonds. The van der Waals surface area contributed by atoms with Crippen molar-refractivity contribution in [3.63, 3.8) is 0 Å². The molecule has 0 aliphatic heterocycles. The molecule has 2 nitrogen and oxygen atoms in total. The van der Waals surface area contributed by atoms with Crippen LogP contribution in [0, 0.1) is 0 Å². The summed E-state index contributed by atoms with van der Waals surface area (Å²) in [7, 11) is 0.116. The van der Waals surface area contributed by atoms with Crippen LogP contribution < -0.4 is 0 Å². The summed E-state index contributed by atoms with van der Waals surface area (Å²) in [5.74, 6) is 0. The summed E-state index contributed by atoms with van der Waals surface area (Å²) in [6, 6.07) is 0. The lowest BCUT2D eigenvalue weighted by molar-refractivity contribution is -0.114. The summed E-state index contributed by atoms with van der Waals surface area (Å²) in [5, 5.41) is 0.954. The highest BCUT2D eigenvalue weighted by Crippen LogP contribution is 2.16. The van der Waals surface area contributed by atoms with Gasteiger partial charge in [-0.05, 0) is 0 Å². The fourth-order valence-corrected chi connectivity index (χ4v) is 1.75. The van der Waals surface area contributed by atoms with Crippen molar-refractivity contribution in [3.05, 3.63) is 11.8 Å². The smallest absolute Gasteiger partial charge is 0.152 e. The average Bonchev–Trinajstić information content (AvgIpc) is 1.88. The quantitative estimate of drug-likeness (QED) is 0.476.